The number of methoxy groups -OCH3 is 1. The van der Waals surface area contributed by atoms with Crippen LogP contribution in [0, 0.1) is 5.82 Å². The summed E-state index contributed by atoms with van der Waals surface area (Å²) in [6.07, 6.45) is 0. The molecular weight excluding hydrogens is 393 g/mol. The minimum Gasteiger partial charge on any atom is -0.497 e. The summed E-state index contributed by atoms with van der Waals surface area (Å²) in [6.45, 7) is 0.314. The van der Waals surface area contributed by atoms with Crippen molar-refractivity contribution >= 4 is 28.2 Å². The number of anilines is 1. The zero-order valence-corrected chi connectivity index (χ0v) is 16.9. The van der Waals surface area contributed by atoms with E-state index in [1.165, 1.54) is 6.07 Å². The molecule has 0 saturated heterocycles. The molecule has 0 atom stereocenters. The van der Waals surface area contributed by atoms with Gasteiger partial charge in [0.25, 0.3) is 0 Å². The van der Waals surface area contributed by atoms with Crippen molar-refractivity contribution in [2.45, 2.75) is 6.54 Å². The molecule has 6 heteroatoms. The predicted molar refractivity (Wildman–Crippen MR) is 119 cm³/mol. The van der Waals surface area contributed by atoms with E-state index in [2.05, 4.69) is 9.98 Å². The lowest BCUT2D eigenvalue weighted by atomic mass is 10.0. The molecule has 1 aromatic heterocycles. The first-order chi connectivity index (χ1) is 15.2. The van der Waals surface area contributed by atoms with Crippen molar-refractivity contribution in [3.8, 4) is 5.75 Å². The Bertz CT molecular complexity index is 1310. The Morgan fingerprint density at radius 2 is 1.77 bits per heavy atom. The molecule has 2 heterocycles. The van der Waals surface area contributed by atoms with Crippen LogP contribution in [0.25, 0.3) is 10.9 Å². The van der Waals surface area contributed by atoms with Gasteiger partial charge in [-0.05, 0) is 35.9 Å². The van der Waals surface area contributed by atoms with Gasteiger partial charge >= 0.3 is 0 Å². The Morgan fingerprint density at radius 1 is 1.03 bits per heavy atom. The number of aliphatic imine (C=N–C) groups is 1. The van der Waals surface area contributed by atoms with E-state index in [0.717, 1.165) is 27.9 Å². The number of carbonyl (C=O) groups excluding carboxylic acids is 1. The topological polar surface area (TPSA) is 57.7 Å². The first-order valence-corrected chi connectivity index (χ1v) is 9.99. The Balaban J connectivity index is 1.68. The van der Waals surface area contributed by atoms with Gasteiger partial charge in [0, 0.05) is 16.5 Å². The van der Waals surface area contributed by atoms with Crippen molar-refractivity contribution in [2.75, 3.05) is 18.6 Å². The van der Waals surface area contributed by atoms with E-state index >= 15 is 0 Å². The molecule has 0 aliphatic carbocycles. The van der Waals surface area contributed by atoms with Gasteiger partial charge in [0.2, 0.25) is 5.91 Å². The van der Waals surface area contributed by atoms with E-state index in [1.54, 1.807) is 30.2 Å². The maximum atomic E-state index is 14.7. The predicted octanol–water partition coefficient (Wildman–Crippen LogP) is 4.70. The molecule has 1 amide bonds. The third-order valence-corrected chi connectivity index (χ3v) is 5.49. The molecule has 154 valence electrons. The number of nitrogens with zero attached hydrogens (tertiary/aromatic N) is 2. The van der Waals surface area contributed by atoms with E-state index in [0.29, 0.717) is 23.5 Å². The molecule has 0 unspecified atom stereocenters. The van der Waals surface area contributed by atoms with Gasteiger partial charge in [-0.25, -0.2) is 4.39 Å². The number of aromatic amines is 1. The van der Waals surface area contributed by atoms with E-state index in [1.807, 2.05) is 48.5 Å². The summed E-state index contributed by atoms with van der Waals surface area (Å²) in [5.74, 6) is 0.235. The molecule has 0 spiro atoms. The molecule has 0 bridgehead atoms. The molecule has 1 aliphatic rings. The lowest BCUT2D eigenvalue weighted by molar-refractivity contribution is -0.117. The van der Waals surface area contributed by atoms with Gasteiger partial charge < -0.3 is 14.6 Å². The number of benzene rings is 3. The van der Waals surface area contributed by atoms with Crippen molar-refractivity contribution in [2.24, 2.45) is 4.99 Å². The standard InChI is InChI=1S/C25H20FN3O2/c1-31-17-12-10-16(11-13-17)15-29-22(30)14-27-23(18-6-2-4-8-20(18)26)24-25(29)19-7-3-5-9-21(19)28-24/h2-13,28H,14-15H2,1H3. The average Bonchev–Trinajstić information content (AvgIpc) is 3.12. The molecule has 1 aliphatic heterocycles. The number of nitrogens with one attached hydrogen (secondary N) is 1. The van der Waals surface area contributed by atoms with Crippen LogP contribution in [0.4, 0.5) is 10.1 Å². The molecule has 0 radical (unpaired) electrons. The van der Waals surface area contributed by atoms with Gasteiger partial charge in [-0.2, -0.15) is 0 Å². The van der Waals surface area contributed by atoms with Crippen LogP contribution in [0.2, 0.25) is 0 Å². The first-order valence-electron chi connectivity index (χ1n) is 9.99. The van der Waals surface area contributed by atoms with E-state index < -0.39 is 0 Å². The van der Waals surface area contributed by atoms with Crippen LogP contribution in [-0.4, -0.2) is 30.3 Å². The van der Waals surface area contributed by atoms with Gasteiger partial charge in [0.15, 0.2) is 0 Å². The Kier molecular flexibility index (Phi) is 4.75. The Morgan fingerprint density at radius 3 is 2.55 bits per heavy atom. The van der Waals surface area contributed by atoms with Crippen LogP contribution in [0.15, 0.2) is 77.8 Å². The van der Waals surface area contributed by atoms with E-state index in [4.69, 9.17) is 4.74 Å². The Labute approximate surface area is 178 Å². The van der Waals surface area contributed by atoms with Gasteiger partial charge in [-0.3, -0.25) is 9.79 Å². The quantitative estimate of drug-likeness (QED) is 0.527. The summed E-state index contributed by atoms with van der Waals surface area (Å²) in [7, 11) is 1.62. The number of fused-ring (bicyclic) bond motifs is 3. The Hall–Kier alpha value is -3.93. The second-order valence-electron chi connectivity index (χ2n) is 7.37. The number of halogens is 1. The zero-order valence-electron chi connectivity index (χ0n) is 16.9. The fourth-order valence-electron chi connectivity index (χ4n) is 3.97. The summed E-state index contributed by atoms with van der Waals surface area (Å²) in [6, 6.07) is 21.9. The molecule has 1 N–H and O–H groups in total. The van der Waals surface area contributed by atoms with Crippen LogP contribution in [0.3, 0.4) is 0 Å². The second-order valence-corrected chi connectivity index (χ2v) is 7.37. The third kappa shape index (κ3) is 3.36. The molecular formula is C25H20FN3O2. The number of carbonyl (C=O) groups is 1. The van der Waals surface area contributed by atoms with Crippen molar-refractivity contribution < 1.29 is 13.9 Å². The second kappa shape index (κ2) is 7.72. The van der Waals surface area contributed by atoms with Crippen LogP contribution in [0.1, 0.15) is 16.8 Å². The highest BCUT2D eigenvalue weighted by molar-refractivity contribution is 6.23. The number of amides is 1. The van der Waals surface area contributed by atoms with Gasteiger partial charge in [-0.15, -0.1) is 0 Å². The number of aromatic nitrogens is 1. The summed E-state index contributed by atoms with van der Waals surface area (Å²) < 4.78 is 19.9. The normalized spacial score (nSPS) is 13.7. The summed E-state index contributed by atoms with van der Waals surface area (Å²) in [5, 5.41) is 0.894. The summed E-state index contributed by atoms with van der Waals surface area (Å²) >= 11 is 0. The smallest absolute Gasteiger partial charge is 0.249 e. The molecule has 3 aromatic carbocycles. The highest BCUT2D eigenvalue weighted by atomic mass is 19.1. The number of hydrogen-bond acceptors (Lipinski definition) is 3. The molecule has 5 nitrogen and oxygen atoms in total. The van der Waals surface area contributed by atoms with Crippen LogP contribution in [-0.2, 0) is 11.3 Å². The lowest BCUT2D eigenvalue weighted by Gasteiger charge is -2.22. The molecule has 5 rings (SSSR count). The fraction of sp³-hybridized carbons (Fsp3) is 0.120. The summed E-state index contributed by atoms with van der Waals surface area (Å²) in [4.78, 5) is 22.8. The number of ether oxygens (including phenoxy) is 1. The van der Waals surface area contributed by atoms with Crippen molar-refractivity contribution in [3.05, 3.63) is 95.4 Å². The SMILES string of the molecule is COc1ccc(CN2C(=O)CN=C(c3ccccc3F)c3[nH]c4ccccc4c32)cc1. The largest absolute Gasteiger partial charge is 0.497 e. The van der Waals surface area contributed by atoms with Crippen LogP contribution in [0.5, 0.6) is 5.75 Å². The lowest BCUT2D eigenvalue weighted by Crippen LogP contribution is -2.31. The highest BCUT2D eigenvalue weighted by Gasteiger charge is 2.30. The minimum absolute atomic E-state index is 0.0589. The highest BCUT2D eigenvalue weighted by Crippen LogP contribution is 2.36. The molecule has 31 heavy (non-hydrogen) atoms. The van der Waals surface area contributed by atoms with Gasteiger partial charge in [0.05, 0.1) is 30.7 Å². The molecule has 0 saturated carbocycles. The van der Waals surface area contributed by atoms with Crippen LogP contribution < -0.4 is 9.64 Å². The van der Waals surface area contributed by atoms with Crippen LogP contribution >= 0.6 is 0 Å². The summed E-state index contributed by atoms with van der Waals surface area (Å²) in [5.41, 5.74) is 4.01. The number of H-pyrrole nitrogens is 1. The average molecular weight is 413 g/mol. The monoisotopic (exact) mass is 413 g/mol. The van der Waals surface area contributed by atoms with Gasteiger partial charge in [-0.1, -0.05) is 42.5 Å². The fourth-order valence-corrected chi connectivity index (χ4v) is 3.97. The number of rotatable bonds is 4. The van der Waals surface area contributed by atoms with E-state index in [9.17, 15) is 9.18 Å². The maximum Gasteiger partial charge on any atom is 0.249 e. The van der Waals surface area contributed by atoms with E-state index in [-0.39, 0.29) is 18.3 Å². The van der Waals surface area contributed by atoms with Crippen molar-refractivity contribution in [3.63, 3.8) is 0 Å². The third-order valence-electron chi connectivity index (χ3n) is 5.49. The number of para-hydroxylation sites is 1. The zero-order chi connectivity index (χ0) is 21.4. The number of hydrogen-bond donors (Lipinski definition) is 1. The van der Waals surface area contributed by atoms with Crippen molar-refractivity contribution in [1.29, 1.82) is 0 Å². The van der Waals surface area contributed by atoms with Crippen molar-refractivity contribution in [1.82, 2.24) is 4.98 Å². The van der Waals surface area contributed by atoms with Gasteiger partial charge in [0.1, 0.15) is 18.1 Å². The minimum atomic E-state index is -0.373. The molecule has 0 fully saturated rings. The first kappa shape index (κ1) is 19.1. The molecule has 4 aromatic rings. The maximum absolute atomic E-state index is 14.7.